The van der Waals surface area contributed by atoms with Crippen molar-refractivity contribution >= 4 is 30.5 Å². The van der Waals surface area contributed by atoms with E-state index in [1.165, 1.54) is 6.42 Å². The minimum absolute atomic E-state index is 0.0754. The van der Waals surface area contributed by atoms with Gasteiger partial charge in [-0.05, 0) is 65.5 Å². The molecular weight excluding hydrogens is 450 g/mol. The Bertz CT molecular complexity index is 847. The first-order valence-corrected chi connectivity index (χ1v) is 12.9. The van der Waals surface area contributed by atoms with Crippen LogP contribution >= 0.6 is 12.6 Å². The van der Waals surface area contributed by atoms with E-state index in [0.717, 1.165) is 36.8 Å². The Morgan fingerprint density at radius 1 is 1.12 bits per heavy atom. The first kappa shape index (κ1) is 28.0. The van der Waals surface area contributed by atoms with Crippen LogP contribution in [0.5, 0.6) is 0 Å². The van der Waals surface area contributed by atoms with Gasteiger partial charge in [0.1, 0.15) is 17.7 Å². The molecular formula is C26H41N3O4S. The SMILES string of the molecule is Cc1ccccc1C(C(=O)NC1CCCCC1)N(C(=O)C(CS)NC(=O)OC(C)(C)C)C(C)C. The summed E-state index contributed by atoms with van der Waals surface area (Å²) in [5.41, 5.74) is 0.996. The van der Waals surface area contributed by atoms with E-state index in [-0.39, 0.29) is 29.7 Å². The molecule has 1 saturated carbocycles. The largest absolute Gasteiger partial charge is 0.444 e. The highest BCUT2D eigenvalue weighted by molar-refractivity contribution is 7.80. The molecule has 2 N–H and O–H groups in total. The standard InChI is InChI=1S/C26H41N3O4S/c1-17(2)29(24(31)21(16-34)28-25(32)33-26(4,5)6)22(20-15-11-10-12-18(20)3)23(30)27-19-13-8-7-9-14-19/h10-12,15,17,19,21-22,34H,7-9,13-14,16H2,1-6H3,(H,27,30)(H,28,32). The highest BCUT2D eigenvalue weighted by Gasteiger charge is 2.38. The number of carbonyl (C=O) groups is 3. The fraction of sp³-hybridized carbons (Fsp3) is 0.654. The summed E-state index contributed by atoms with van der Waals surface area (Å²) in [5, 5.41) is 5.84. The fourth-order valence-corrected chi connectivity index (χ4v) is 4.58. The van der Waals surface area contributed by atoms with Crippen molar-refractivity contribution in [3.05, 3.63) is 35.4 Å². The molecule has 34 heavy (non-hydrogen) atoms. The Labute approximate surface area is 209 Å². The lowest BCUT2D eigenvalue weighted by Gasteiger charge is -2.38. The van der Waals surface area contributed by atoms with Gasteiger partial charge in [-0.15, -0.1) is 0 Å². The van der Waals surface area contributed by atoms with E-state index >= 15 is 0 Å². The quantitative estimate of drug-likeness (QED) is 0.466. The number of amides is 3. The lowest BCUT2D eigenvalue weighted by molar-refractivity contribution is -0.144. The lowest BCUT2D eigenvalue weighted by Crippen LogP contribution is -2.56. The van der Waals surface area contributed by atoms with Crippen molar-refractivity contribution in [1.82, 2.24) is 15.5 Å². The van der Waals surface area contributed by atoms with E-state index in [1.807, 2.05) is 45.0 Å². The van der Waals surface area contributed by atoms with Crippen LogP contribution in [0.4, 0.5) is 4.79 Å². The Morgan fingerprint density at radius 3 is 2.26 bits per heavy atom. The number of hydrogen-bond acceptors (Lipinski definition) is 5. The zero-order valence-electron chi connectivity index (χ0n) is 21.4. The summed E-state index contributed by atoms with van der Waals surface area (Å²) in [4.78, 5) is 41.4. The van der Waals surface area contributed by atoms with Gasteiger partial charge in [0.25, 0.3) is 0 Å². The second-order valence-corrected chi connectivity index (χ2v) is 10.7. The average Bonchev–Trinajstić information content (AvgIpc) is 2.75. The van der Waals surface area contributed by atoms with Crippen molar-refractivity contribution in [2.45, 2.75) is 103 Å². The third-order valence-electron chi connectivity index (χ3n) is 5.94. The minimum Gasteiger partial charge on any atom is -0.444 e. The van der Waals surface area contributed by atoms with Crippen LogP contribution in [0, 0.1) is 6.92 Å². The molecule has 8 heteroatoms. The van der Waals surface area contributed by atoms with Crippen LogP contribution in [0.3, 0.4) is 0 Å². The zero-order chi connectivity index (χ0) is 25.5. The number of ether oxygens (including phenoxy) is 1. The number of alkyl carbamates (subject to hydrolysis) is 1. The molecule has 2 atom stereocenters. The number of nitrogens with one attached hydrogen (secondary N) is 2. The van der Waals surface area contributed by atoms with E-state index < -0.39 is 23.8 Å². The van der Waals surface area contributed by atoms with Gasteiger partial charge in [-0.2, -0.15) is 12.6 Å². The third kappa shape index (κ3) is 7.93. The maximum absolute atomic E-state index is 13.8. The monoisotopic (exact) mass is 491 g/mol. The van der Waals surface area contributed by atoms with E-state index in [4.69, 9.17) is 4.74 Å². The molecule has 0 aliphatic heterocycles. The van der Waals surface area contributed by atoms with Crippen molar-refractivity contribution in [3.63, 3.8) is 0 Å². The molecule has 0 aromatic heterocycles. The summed E-state index contributed by atoms with van der Waals surface area (Å²) in [5.74, 6) is -0.493. The average molecular weight is 492 g/mol. The molecule has 2 rings (SSSR count). The second-order valence-electron chi connectivity index (χ2n) is 10.3. The lowest BCUT2D eigenvalue weighted by atomic mass is 9.93. The van der Waals surface area contributed by atoms with Gasteiger partial charge in [-0.1, -0.05) is 43.5 Å². The maximum atomic E-state index is 13.8. The zero-order valence-corrected chi connectivity index (χ0v) is 22.3. The molecule has 3 amide bonds. The number of carbonyl (C=O) groups excluding carboxylic acids is 3. The molecule has 190 valence electrons. The van der Waals surface area contributed by atoms with Crippen LogP contribution in [-0.4, -0.2) is 52.3 Å². The smallest absolute Gasteiger partial charge is 0.408 e. The van der Waals surface area contributed by atoms with Gasteiger partial charge >= 0.3 is 6.09 Å². The van der Waals surface area contributed by atoms with Gasteiger partial charge < -0.3 is 20.3 Å². The minimum atomic E-state index is -0.936. The molecule has 0 heterocycles. The van der Waals surface area contributed by atoms with Gasteiger partial charge in [0, 0.05) is 17.8 Å². The summed E-state index contributed by atoms with van der Waals surface area (Å²) in [6.07, 6.45) is 4.57. The molecule has 1 aliphatic carbocycles. The predicted octanol–water partition coefficient (Wildman–Crippen LogP) is 4.55. The molecule has 0 spiro atoms. The van der Waals surface area contributed by atoms with Gasteiger partial charge in [0.2, 0.25) is 11.8 Å². The number of hydrogen-bond donors (Lipinski definition) is 3. The van der Waals surface area contributed by atoms with Crippen LogP contribution in [0.1, 0.15) is 83.9 Å². The third-order valence-corrected chi connectivity index (χ3v) is 6.31. The normalized spacial score (nSPS) is 16.5. The maximum Gasteiger partial charge on any atom is 0.408 e. The first-order valence-electron chi connectivity index (χ1n) is 12.2. The second kappa shape index (κ2) is 12.5. The van der Waals surface area contributed by atoms with Crippen molar-refractivity contribution in [3.8, 4) is 0 Å². The molecule has 0 bridgehead atoms. The van der Waals surface area contributed by atoms with Crippen LogP contribution in [0.15, 0.2) is 24.3 Å². The van der Waals surface area contributed by atoms with Gasteiger partial charge in [-0.25, -0.2) is 4.79 Å². The highest BCUT2D eigenvalue weighted by Crippen LogP contribution is 2.28. The number of aryl methyl sites for hydroxylation is 1. The van der Waals surface area contributed by atoms with Crippen molar-refractivity contribution in [2.75, 3.05) is 5.75 Å². The Balaban J connectivity index is 2.38. The molecule has 1 aromatic rings. The van der Waals surface area contributed by atoms with E-state index in [1.54, 1.807) is 25.7 Å². The fourth-order valence-electron chi connectivity index (χ4n) is 4.33. The molecule has 0 saturated heterocycles. The van der Waals surface area contributed by atoms with Crippen molar-refractivity contribution in [2.24, 2.45) is 0 Å². The Kier molecular flexibility index (Phi) is 10.3. The summed E-state index contributed by atoms with van der Waals surface area (Å²) in [6, 6.07) is 5.68. The Morgan fingerprint density at radius 2 is 1.74 bits per heavy atom. The van der Waals surface area contributed by atoms with Gasteiger partial charge in [0.15, 0.2) is 0 Å². The van der Waals surface area contributed by atoms with E-state index in [2.05, 4.69) is 23.3 Å². The van der Waals surface area contributed by atoms with Crippen LogP contribution in [0.2, 0.25) is 0 Å². The number of benzene rings is 1. The van der Waals surface area contributed by atoms with Gasteiger partial charge in [0.05, 0.1) is 0 Å². The van der Waals surface area contributed by atoms with Crippen LogP contribution < -0.4 is 10.6 Å². The predicted molar refractivity (Wildman–Crippen MR) is 138 cm³/mol. The highest BCUT2D eigenvalue weighted by atomic mass is 32.1. The van der Waals surface area contributed by atoms with Crippen molar-refractivity contribution < 1.29 is 19.1 Å². The summed E-state index contributed by atoms with van der Waals surface area (Å²) in [7, 11) is 0. The van der Waals surface area contributed by atoms with Crippen LogP contribution in [0.25, 0.3) is 0 Å². The molecule has 0 radical (unpaired) electrons. The number of rotatable bonds is 8. The topological polar surface area (TPSA) is 87.7 Å². The first-order chi connectivity index (χ1) is 15.9. The molecule has 1 aliphatic rings. The van der Waals surface area contributed by atoms with Gasteiger partial charge in [-0.3, -0.25) is 9.59 Å². The summed E-state index contributed by atoms with van der Waals surface area (Å²) < 4.78 is 5.34. The molecule has 1 aromatic carbocycles. The molecule has 1 fully saturated rings. The van der Waals surface area contributed by atoms with Crippen LogP contribution in [-0.2, 0) is 14.3 Å². The molecule has 2 unspecified atom stereocenters. The van der Waals surface area contributed by atoms with Crippen molar-refractivity contribution in [1.29, 1.82) is 0 Å². The number of nitrogens with zero attached hydrogens (tertiary/aromatic N) is 1. The summed E-state index contributed by atoms with van der Waals surface area (Å²) >= 11 is 4.32. The van der Waals surface area contributed by atoms with E-state index in [9.17, 15) is 14.4 Å². The summed E-state index contributed by atoms with van der Waals surface area (Å²) in [6.45, 7) is 11.0. The Hall–Kier alpha value is -2.22. The van der Waals surface area contributed by atoms with E-state index in [0.29, 0.717) is 0 Å². The number of thiol groups is 1. The molecule has 7 nitrogen and oxygen atoms in total.